The number of Topliss-reactive ketones (excluding diaryl/α,β-unsaturated/α-hetero) is 1. The number of ketones is 1. The highest BCUT2D eigenvalue weighted by Gasteiger charge is 2.09. The summed E-state index contributed by atoms with van der Waals surface area (Å²) in [6.07, 6.45) is 6.40. The van der Waals surface area contributed by atoms with Crippen molar-refractivity contribution in [3.63, 3.8) is 0 Å². The molecule has 0 aromatic carbocycles. The highest BCUT2D eigenvalue weighted by atomic mass is 16.3. The van der Waals surface area contributed by atoms with Crippen LogP contribution in [0.1, 0.15) is 13.8 Å². The molecular formula is C13H18O2. The van der Waals surface area contributed by atoms with Crippen LogP contribution in [0.15, 0.2) is 48.6 Å². The van der Waals surface area contributed by atoms with Crippen LogP contribution in [-0.4, -0.2) is 17.5 Å². The molecule has 2 heteroatoms. The molecule has 0 aliphatic rings. The predicted octanol–water partition coefficient (Wildman–Crippen LogP) is 2.43. The third kappa shape index (κ3) is 4.56. The van der Waals surface area contributed by atoms with Gasteiger partial charge < -0.3 is 5.11 Å². The molecule has 82 valence electrons. The molecular weight excluding hydrogens is 188 g/mol. The summed E-state index contributed by atoms with van der Waals surface area (Å²) >= 11 is 0. The van der Waals surface area contributed by atoms with E-state index in [1.807, 2.05) is 13.8 Å². The molecule has 0 bridgehead atoms. The van der Waals surface area contributed by atoms with Gasteiger partial charge in [-0.1, -0.05) is 51.3 Å². The maximum absolute atomic E-state index is 11.6. The van der Waals surface area contributed by atoms with Crippen molar-refractivity contribution in [3.8, 4) is 0 Å². The van der Waals surface area contributed by atoms with E-state index in [1.54, 1.807) is 18.2 Å². The number of hydrogen-bond donors (Lipinski definition) is 1. The van der Waals surface area contributed by atoms with E-state index in [4.69, 9.17) is 5.11 Å². The summed E-state index contributed by atoms with van der Waals surface area (Å²) in [5, 5.41) is 8.88. The van der Waals surface area contributed by atoms with Crippen molar-refractivity contribution in [1.82, 2.24) is 0 Å². The summed E-state index contributed by atoms with van der Waals surface area (Å²) in [5.74, 6) is -0.00782. The maximum atomic E-state index is 11.6. The van der Waals surface area contributed by atoms with Crippen molar-refractivity contribution in [3.05, 3.63) is 48.6 Å². The first-order valence-electron chi connectivity index (χ1n) is 4.87. The number of aliphatic hydroxyl groups excluding tert-OH is 1. The number of aliphatic hydroxyl groups is 1. The van der Waals surface area contributed by atoms with Crippen LogP contribution in [0.5, 0.6) is 0 Å². The Morgan fingerprint density at radius 1 is 1.27 bits per heavy atom. The molecule has 0 aromatic rings. The van der Waals surface area contributed by atoms with Crippen molar-refractivity contribution >= 4 is 5.78 Å². The fourth-order valence-electron chi connectivity index (χ4n) is 0.966. The van der Waals surface area contributed by atoms with Gasteiger partial charge in [-0.15, -0.1) is 0 Å². The molecule has 2 nitrogen and oxygen atoms in total. The third-order valence-electron chi connectivity index (χ3n) is 1.95. The molecule has 0 heterocycles. The zero-order chi connectivity index (χ0) is 11.8. The maximum Gasteiger partial charge on any atom is 0.165 e. The van der Waals surface area contributed by atoms with E-state index >= 15 is 0 Å². The van der Waals surface area contributed by atoms with Crippen molar-refractivity contribution in [2.75, 3.05) is 6.61 Å². The third-order valence-corrected chi connectivity index (χ3v) is 1.95. The molecule has 0 aromatic heterocycles. The summed E-state index contributed by atoms with van der Waals surface area (Å²) < 4.78 is 0. The first kappa shape index (κ1) is 13.6. The Morgan fingerprint density at radius 3 is 2.20 bits per heavy atom. The molecule has 0 rings (SSSR count). The van der Waals surface area contributed by atoms with E-state index in [2.05, 4.69) is 13.2 Å². The molecule has 15 heavy (non-hydrogen) atoms. The number of allylic oxidation sites excluding steroid dienone is 4. The lowest BCUT2D eigenvalue weighted by Crippen LogP contribution is -2.08. The summed E-state index contributed by atoms with van der Waals surface area (Å²) in [6, 6.07) is 0. The molecule has 0 aliphatic heterocycles. The van der Waals surface area contributed by atoms with Gasteiger partial charge in [0, 0.05) is 11.5 Å². The molecule has 0 amide bonds. The molecule has 0 aliphatic carbocycles. The SMILES string of the molecule is C=C/C(=C\C=C(/C=C)C(=O)C(C)C)CO. The number of carbonyl (C=O) groups excluding carboxylic acids is 1. The number of hydrogen-bond acceptors (Lipinski definition) is 2. The smallest absolute Gasteiger partial charge is 0.165 e. The van der Waals surface area contributed by atoms with Gasteiger partial charge in [0.05, 0.1) is 6.61 Å². The fourth-order valence-corrected chi connectivity index (χ4v) is 0.966. The second kappa shape index (κ2) is 6.96. The lowest BCUT2D eigenvalue weighted by Gasteiger charge is -2.03. The van der Waals surface area contributed by atoms with Crippen LogP contribution >= 0.6 is 0 Å². The van der Waals surface area contributed by atoms with Gasteiger partial charge in [-0.2, -0.15) is 0 Å². The highest BCUT2D eigenvalue weighted by Crippen LogP contribution is 2.08. The van der Waals surface area contributed by atoms with Crippen LogP contribution in [0, 0.1) is 5.92 Å². The molecule has 0 saturated heterocycles. The van der Waals surface area contributed by atoms with Crippen molar-refractivity contribution in [1.29, 1.82) is 0 Å². The minimum Gasteiger partial charge on any atom is -0.392 e. The summed E-state index contributed by atoms with van der Waals surface area (Å²) in [6.45, 7) is 10.7. The largest absolute Gasteiger partial charge is 0.392 e. The lowest BCUT2D eigenvalue weighted by molar-refractivity contribution is -0.117. The number of carbonyl (C=O) groups is 1. The Hall–Kier alpha value is -1.41. The van der Waals surface area contributed by atoms with E-state index in [1.165, 1.54) is 6.08 Å². The Morgan fingerprint density at radius 2 is 1.87 bits per heavy atom. The fraction of sp³-hybridized carbons (Fsp3) is 0.308. The topological polar surface area (TPSA) is 37.3 Å². The van der Waals surface area contributed by atoms with Gasteiger partial charge in [0.15, 0.2) is 5.78 Å². The first-order chi connectivity index (χ1) is 7.06. The van der Waals surface area contributed by atoms with Gasteiger partial charge >= 0.3 is 0 Å². The van der Waals surface area contributed by atoms with E-state index < -0.39 is 0 Å². The molecule has 1 N–H and O–H groups in total. The monoisotopic (exact) mass is 206 g/mol. The van der Waals surface area contributed by atoms with Gasteiger partial charge in [0.2, 0.25) is 0 Å². The van der Waals surface area contributed by atoms with E-state index in [0.29, 0.717) is 11.1 Å². The Kier molecular flexibility index (Phi) is 6.30. The second-order valence-corrected chi connectivity index (χ2v) is 3.45. The Balaban J connectivity index is 4.89. The van der Waals surface area contributed by atoms with E-state index in [0.717, 1.165) is 0 Å². The van der Waals surface area contributed by atoms with Crippen molar-refractivity contribution in [2.24, 2.45) is 5.92 Å². The van der Waals surface area contributed by atoms with Crippen molar-refractivity contribution < 1.29 is 9.90 Å². The molecule has 0 saturated carbocycles. The van der Waals surface area contributed by atoms with Crippen LogP contribution < -0.4 is 0 Å². The Labute approximate surface area is 91.3 Å². The van der Waals surface area contributed by atoms with Crippen LogP contribution in [0.2, 0.25) is 0 Å². The minimum absolute atomic E-state index is 0.0441. The summed E-state index contributed by atoms with van der Waals surface area (Å²) in [4.78, 5) is 11.6. The van der Waals surface area contributed by atoms with Crippen molar-refractivity contribution in [2.45, 2.75) is 13.8 Å². The molecule has 0 spiro atoms. The van der Waals surface area contributed by atoms with Crippen LogP contribution in [0.25, 0.3) is 0 Å². The number of rotatable bonds is 6. The average Bonchev–Trinajstić information content (AvgIpc) is 2.24. The standard InChI is InChI=1S/C13H18O2/c1-5-11(9-14)7-8-12(6-2)13(15)10(3)4/h5-8,10,14H,1-2,9H2,3-4H3/b11-7+,12-8+. The van der Waals surface area contributed by atoms with Crippen LogP contribution in [0.4, 0.5) is 0 Å². The zero-order valence-corrected chi connectivity index (χ0v) is 9.36. The van der Waals surface area contributed by atoms with Gasteiger partial charge in [0.1, 0.15) is 0 Å². The summed E-state index contributed by atoms with van der Waals surface area (Å²) in [5.41, 5.74) is 1.23. The van der Waals surface area contributed by atoms with Crippen LogP contribution in [0.3, 0.4) is 0 Å². The highest BCUT2D eigenvalue weighted by molar-refractivity contribution is 5.99. The molecule has 0 unspecified atom stereocenters. The van der Waals surface area contributed by atoms with E-state index in [-0.39, 0.29) is 18.3 Å². The summed E-state index contributed by atoms with van der Waals surface area (Å²) in [7, 11) is 0. The van der Waals surface area contributed by atoms with Crippen LogP contribution in [-0.2, 0) is 4.79 Å². The average molecular weight is 206 g/mol. The Bertz CT molecular complexity index is 306. The van der Waals surface area contributed by atoms with E-state index in [9.17, 15) is 4.79 Å². The lowest BCUT2D eigenvalue weighted by atomic mass is 10.0. The first-order valence-corrected chi connectivity index (χ1v) is 4.87. The minimum atomic E-state index is -0.0830. The molecule has 0 radical (unpaired) electrons. The normalized spacial score (nSPS) is 12.8. The quantitative estimate of drug-likeness (QED) is 0.535. The molecule has 0 fully saturated rings. The second-order valence-electron chi connectivity index (χ2n) is 3.45. The van der Waals surface area contributed by atoms with Gasteiger partial charge in [-0.05, 0) is 5.57 Å². The zero-order valence-electron chi connectivity index (χ0n) is 9.36. The van der Waals surface area contributed by atoms with Gasteiger partial charge in [-0.25, -0.2) is 0 Å². The van der Waals surface area contributed by atoms with Gasteiger partial charge in [-0.3, -0.25) is 4.79 Å². The molecule has 0 atom stereocenters. The van der Waals surface area contributed by atoms with Gasteiger partial charge in [0.25, 0.3) is 0 Å². The predicted molar refractivity (Wildman–Crippen MR) is 63.5 cm³/mol.